The topological polar surface area (TPSA) is 72.9 Å². The maximum absolute atomic E-state index is 12.4. The third-order valence-corrected chi connectivity index (χ3v) is 4.94. The lowest BCUT2D eigenvalue weighted by atomic mass is 10.1. The van der Waals surface area contributed by atoms with Crippen LogP contribution in [0.4, 0.5) is 0 Å². The molecule has 0 aromatic rings. The summed E-state index contributed by atoms with van der Waals surface area (Å²) in [6.45, 7) is 6.48. The number of rotatable bonds is 3. The van der Waals surface area contributed by atoms with Crippen LogP contribution in [0.1, 0.15) is 27.7 Å². The number of fused-ring (bicyclic) bond motifs is 1. The van der Waals surface area contributed by atoms with Crippen molar-refractivity contribution in [3.63, 3.8) is 0 Å². The van der Waals surface area contributed by atoms with Crippen LogP contribution < -0.4 is 0 Å². The molecule has 2 atom stereocenters. The summed E-state index contributed by atoms with van der Waals surface area (Å²) in [5.41, 5.74) is 0.0230. The van der Waals surface area contributed by atoms with Crippen molar-refractivity contribution in [2.24, 2.45) is 0 Å². The maximum atomic E-state index is 12.4. The van der Waals surface area contributed by atoms with Gasteiger partial charge in [-0.3, -0.25) is 14.5 Å². The molecule has 0 aliphatic carbocycles. The van der Waals surface area contributed by atoms with Gasteiger partial charge in [-0.05, 0) is 20.8 Å². The molecular formula is C14H18ClNO5S. The Labute approximate surface area is 138 Å². The zero-order valence-electron chi connectivity index (χ0n) is 12.8. The van der Waals surface area contributed by atoms with Gasteiger partial charge in [-0.1, -0.05) is 0 Å². The van der Waals surface area contributed by atoms with Crippen molar-refractivity contribution in [3.8, 4) is 0 Å². The molecule has 2 rings (SSSR count). The van der Waals surface area contributed by atoms with Gasteiger partial charge in [-0.2, -0.15) is 0 Å². The first-order chi connectivity index (χ1) is 10.1. The van der Waals surface area contributed by atoms with Crippen LogP contribution in [0.5, 0.6) is 0 Å². The number of amides is 1. The number of β-lactam (4-membered cyclic amide) rings is 1. The van der Waals surface area contributed by atoms with Gasteiger partial charge in [0, 0.05) is 18.2 Å². The normalized spacial score (nSPS) is 24.6. The van der Waals surface area contributed by atoms with Crippen LogP contribution in [0, 0.1) is 0 Å². The number of nitrogens with zero attached hydrogens (tertiary/aromatic N) is 1. The Hall–Kier alpha value is -1.21. The van der Waals surface area contributed by atoms with Crippen LogP contribution in [-0.4, -0.2) is 51.5 Å². The first-order valence-electron chi connectivity index (χ1n) is 6.79. The van der Waals surface area contributed by atoms with Crippen molar-refractivity contribution in [3.05, 3.63) is 11.3 Å². The molecule has 0 spiro atoms. The predicted molar refractivity (Wildman–Crippen MR) is 82.2 cm³/mol. The van der Waals surface area contributed by atoms with E-state index in [-0.39, 0.29) is 23.6 Å². The highest BCUT2D eigenvalue weighted by molar-refractivity contribution is 8.00. The second kappa shape index (κ2) is 6.12. The van der Waals surface area contributed by atoms with Gasteiger partial charge in [0.05, 0.1) is 0 Å². The highest BCUT2D eigenvalue weighted by Crippen LogP contribution is 2.43. The summed E-state index contributed by atoms with van der Waals surface area (Å²) >= 11 is 7.42. The van der Waals surface area contributed by atoms with E-state index in [0.29, 0.717) is 11.3 Å². The number of alkyl halides is 1. The minimum absolute atomic E-state index is 0.0413. The van der Waals surface area contributed by atoms with Crippen LogP contribution in [0.2, 0.25) is 0 Å². The monoisotopic (exact) mass is 347 g/mol. The molecule has 6 nitrogen and oxygen atoms in total. The van der Waals surface area contributed by atoms with E-state index < -0.39 is 22.9 Å². The molecule has 122 valence electrons. The Morgan fingerprint density at radius 2 is 2.05 bits per heavy atom. The Morgan fingerprint density at radius 3 is 2.59 bits per heavy atom. The number of hydrogen-bond acceptors (Lipinski definition) is 6. The minimum atomic E-state index is -0.689. The largest absolute Gasteiger partial charge is 0.461 e. The Bertz CT molecular complexity index is 554. The Morgan fingerprint density at radius 1 is 1.41 bits per heavy atom. The lowest BCUT2D eigenvalue weighted by molar-refractivity contribution is -0.157. The van der Waals surface area contributed by atoms with Crippen LogP contribution in [0.15, 0.2) is 11.3 Å². The van der Waals surface area contributed by atoms with E-state index in [4.69, 9.17) is 21.1 Å². The summed E-state index contributed by atoms with van der Waals surface area (Å²) in [6, 6.07) is 0. The molecular weight excluding hydrogens is 330 g/mol. The molecule has 2 aliphatic heterocycles. The number of halogens is 1. The van der Waals surface area contributed by atoms with Crippen LogP contribution in [0.3, 0.4) is 0 Å². The van der Waals surface area contributed by atoms with Crippen molar-refractivity contribution in [2.75, 3.05) is 12.4 Å². The SMILES string of the molecule is CC(=O)OCC1=C(C(=O)OC(C)(C)C)N2C(=O)[C@H](Cl)C2SC1. The summed E-state index contributed by atoms with van der Waals surface area (Å²) in [6.07, 6.45) is 0. The van der Waals surface area contributed by atoms with Gasteiger partial charge in [0.25, 0.3) is 0 Å². The fourth-order valence-electron chi connectivity index (χ4n) is 2.12. The van der Waals surface area contributed by atoms with Gasteiger partial charge in [0.1, 0.15) is 28.7 Å². The van der Waals surface area contributed by atoms with Gasteiger partial charge in [-0.25, -0.2) is 4.79 Å². The van der Waals surface area contributed by atoms with E-state index >= 15 is 0 Å². The lowest BCUT2D eigenvalue weighted by Gasteiger charge is -2.47. The fourth-order valence-corrected chi connectivity index (χ4v) is 3.79. The minimum Gasteiger partial charge on any atom is -0.461 e. The third kappa shape index (κ3) is 3.41. The zero-order valence-corrected chi connectivity index (χ0v) is 14.4. The smallest absolute Gasteiger partial charge is 0.355 e. The number of esters is 2. The molecule has 0 aromatic heterocycles. The lowest BCUT2D eigenvalue weighted by Crippen LogP contribution is -2.63. The summed E-state index contributed by atoms with van der Waals surface area (Å²) in [4.78, 5) is 36.8. The van der Waals surface area contributed by atoms with Gasteiger partial charge >= 0.3 is 11.9 Å². The quantitative estimate of drug-likeness (QED) is 0.439. The van der Waals surface area contributed by atoms with Gasteiger partial charge in [-0.15, -0.1) is 23.4 Å². The summed E-state index contributed by atoms with van der Waals surface area (Å²) < 4.78 is 10.3. The average Bonchev–Trinajstić information content (AvgIpc) is 2.41. The van der Waals surface area contributed by atoms with E-state index in [9.17, 15) is 14.4 Å². The second-order valence-corrected chi connectivity index (χ2v) is 7.62. The molecule has 2 aliphatic rings. The first-order valence-corrected chi connectivity index (χ1v) is 8.28. The molecule has 0 radical (unpaired) electrons. The molecule has 1 amide bonds. The molecule has 0 saturated carbocycles. The number of thioether (sulfide) groups is 1. The number of hydrogen-bond donors (Lipinski definition) is 0. The fraction of sp³-hybridized carbons (Fsp3) is 0.643. The van der Waals surface area contributed by atoms with E-state index in [0.717, 1.165) is 0 Å². The summed E-state index contributed by atoms with van der Waals surface area (Å²) in [5, 5.41) is -0.921. The van der Waals surface area contributed by atoms with Crippen molar-refractivity contribution >= 4 is 41.2 Å². The molecule has 1 saturated heterocycles. The second-order valence-electron chi connectivity index (χ2n) is 6.05. The van der Waals surface area contributed by atoms with Crippen LogP contribution >= 0.6 is 23.4 Å². The third-order valence-electron chi connectivity index (χ3n) is 3.02. The molecule has 2 heterocycles. The van der Waals surface area contributed by atoms with E-state index in [1.54, 1.807) is 20.8 Å². The predicted octanol–water partition coefficient (Wildman–Crippen LogP) is 1.67. The number of ether oxygens (including phenoxy) is 2. The molecule has 1 fully saturated rings. The summed E-state index contributed by atoms with van der Waals surface area (Å²) in [7, 11) is 0. The molecule has 0 N–H and O–H groups in total. The average molecular weight is 348 g/mol. The van der Waals surface area contributed by atoms with E-state index in [1.165, 1.54) is 23.6 Å². The highest BCUT2D eigenvalue weighted by atomic mass is 35.5. The summed E-state index contributed by atoms with van der Waals surface area (Å²) in [5.74, 6) is -0.926. The zero-order chi connectivity index (χ0) is 16.7. The molecule has 0 bridgehead atoms. The molecule has 8 heteroatoms. The number of carbonyl (C=O) groups excluding carboxylic acids is 3. The molecule has 1 unspecified atom stereocenters. The molecule has 22 heavy (non-hydrogen) atoms. The number of carbonyl (C=O) groups is 3. The standard InChI is InChI=1S/C14H18ClNO5S/c1-7(17)20-5-8-6-22-12-9(15)11(18)16(12)10(8)13(19)21-14(2,3)4/h9,12H,5-6H2,1-4H3/t9-,12?/m0/s1. The Kier molecular flexibility index (Phi) is 4.77. The van der Waals surface area contributed by atoms with Crippen molar-refractivity contribution < 1.29 is 23.9 Å². The first kappa shape index (κ1) is 17.1. The highest BCUT2D eigenvalue weighted by Gasteiger charge is 2.53. The van der Waals surface area contributed by atoms with E-state index in [2.05, 4.69) is 0 Å². The maximum Gasteiger partial charge on any atom is 0.355 e. The van der Waals surface area contributed by atoms with Gasteiger partial charge in [0.15, 0.2) is 0 Å². The van der Waals surface area contributed by atoms with Crippen molar-refractivity contribution in [1.82, 2.24) is 4.90 Å². The van der Waals surface area contributed by atoms with Crippen molar-refractivity contribution in [1.29, 1.82) is 0 Å². The van der Waals surface area contributed by atoms with Gasteiger partial charge < -0.3 is 9.47 Å². The van der Waals surface area contributed by atoms with Gasteiger partial charge in [0.2, 0.25) is 5.91 Å². The van der Waals surface area contributed by atoms with Crippen LogP contribution in [0.25, 0.3) is 0 Å². The molecule has 0 aromatic carbocycles. The van der Waals surface area contributed by atoms with E-state index in [1.807, 2.05) is 0 Å². The van der Waals surface area contributed by atoms with Crippen LogP contribution in [-0.2, 0) is 23.9 Å². The van der Waals surface area contributed by atoms with Crippen molar-refractivity contribution in [2.45, 2.75) is 44.0 Å². The Balaban J connectivity index is 2.30.